The second-order valence-corrected chi connectivity index (χ2v) is 9.90. The topological polar surface area (TPSA) is 58.1 Å². The Morgan fingerprint density at radius 3 is 2.87 bits per heavy atom. The fraction of sp³-hybridized carbons (Fsp3) is 0.444. The lowest BCUT2D eigenvalue weighted by molar-refractivity contribution is 0.102. The zero-order valence-corrected chi connectivity index (χ0v) is 18.1. The number of nitrogens with one attached hydrogen (secondary N) is 1. The molecular weight excluding hydrogens is 384 g/mol. The SMILES string of the molecule is C[C@]12CC[C@@H]3c4ccc(OCc5ccccc5)cc4CC[C@H]3[C@@H]1Cc1c2n[nH]c1CO. The first-order chi connectivity index (χ1) is 15.2. The van der Waals surface area contributed by atoms with Gasteiger partial charge in [0.25, 0.3) is 0 Å². The Bertz CT molecular complexity index is 1110. The number of aliphatic hydroxyl groups is 1. The summed E-state index contributed by atoms with van der Waals surface area (Å²) in [4.78, 5) is 0. The van der Waals surface area contributed by atoms with Crippen molar-refractivity contribution in [3.63, 3.8) is 0 Å². The van der Waals surface area contributed by atoms with Crippen LogP contribution in [0.2, 0.25) is 0 Å². The van der Waals surface area contributed by atoms with Crippen LogP contribution in [0.4, 0.5) is 0 Å². The van der Waals surface area contributed by atoms with E-state index < -0.39 is 0 Å². The molecule has 3 aromatic rings. The first-order valence-corrected chi connectivity index (χ1v) is 11.6. The van der Waals surface area contributed by atoms with E-state index in [-0.39, 0.29) is 12.0 Å². The molecule has 4 heteroatoms. The van der Waals surface area contributed by atoms with E-state index in [1.165, 1.54) is 41.6 Å². The van der Waals surface area contributed by atoms with Gasteiger partial charge in [-0.25, -0.2) is 0 Å². The molecule has 4 nitrogen and oxygen atoms in total. The lowest BCUT2D eigenvalue weighted by atomic mass is 9.55. The molecule has 0 aliphatic heterocycles. The van der Waals surface area contributed by atoms with Crippen molar-refractivity contribution in [2.75, 3.05) is 0 Å². The minimum absolute atomic E-state index is 0.0633. The summed E-state index contributed by atoms with van der Waals surface area (Å²) in [5.41, 5.74) is 7.82. The van der Waals surface area contributed by atoms with Crippen LogP contribution in [0.5, 0.6) is 5.75 Å². The minimum atomic E-state index is 0.0633. The molecule has 0 spiro atoms. The summed E-state index contributed by atoms with van der Waals surface area (Å²) >= 11 is 0. The highest BCUT2D eigenvalue weighted by Crippen LogP contribution is 2.60. The van der Waals surface area contributed by atoms with E-state index in [0.717, 1.165) is 24.3 Å². The van der Waals surface area contributed by atoms with Crippen molar-refractivity contribution in [3.8, 4) is 5.75 Å². The number of aryl methyl sites for hydroxylation is 1. The third-order valence-electron chi connectivity index (χ3n) is 8.41. The van der Waals surface area contributed by atoms with E-state index in [9.17, 15) is 5.11 Å². The normalized spacial score (nSPS) is 28.4. The average Bonchev–Trinajstić information content (AvgIpc) is 3.35. The largest absolute Gasteiger partial charge is 0.489 e. The van der Waals surface area contributed by atoms with E-state index in [4.69, 9.17) is 4.74 Å². The molecule has 3 aliphatic rings. The summed E-state index contributed by atoms with van der Waals surface area (Å²) in [5, 5.41) is 17.5. The number of hydrogen-bond donors (Lipinski definition) is 2. The summed E-state index contributed by atoms with van der Waals surface area (Å²) < 4.78 is 6.10. The number of ether oxygens (including phenoxy) is 1. The second kappa shape index (κ2) is 7.23. The third-order valence-corrected chi connectivity index (χ3v) is 8.41. The van der Waals surface area contributed by atoms with Crippen molar-refractivity contribution in [1.29, 1.82) is 0 Å². The predicted octanol–water partition coefficient (Wildman–Crippen LogP) is 5.05. The van der Waals surface area contributed by atoms with Crippen LogP contribution in [0.25, 0.3) is 0 Å². The molecule has 0 saturated heterocycles. The summed E-state index contributed by atoms with van der Waals surface area (Å²) in [6.07, 6.45) is 5.82. The van der Waals surface area contributed by atoms with Crippen LogP contribution < -0.4 is 4.74 Å². The zero-order chi connectivity index (χ0) is 21.0. The van der Waals surface area contributed by atoms with Crippen molar-refractivity contribution in [2.45, 2.75) is 63.6 Å². The molecule has 1 saturated carbocycles. The smallest absolute Gasteiger partial charge is 0.120 e. The Labute approximate surface area is 183 Å². The fourth-order valence-corrected chi connectivity index (χ4v) is 6.82. The van der Waals surface area contributed by atoms with Crippen molar-refractivity contribution < 1.29 is 9.84 Å². The maximum atomic E-state index is 9.73. The molecule has 0 unspecified atom stereocenters. The zero-order valence-electron chi connectivity index (χ0n) is 18.1. The van der Waals surface area contributed by atoms with Crippen LogP contribution in [-0.2, 0) is 31.5 Å². The van der Waals surface area contributed by atoms with Gasteiger partial charge in [0.15, 0.2) is 0 Å². The molecule has 160 valence electrons. The van der Waals surface area contributed by atoms with Gasteiger partial charge in [0.05, 0.1) is 18.0 Å². The molecule has 2 N–H and O–H groups in total. The van der Waals surface area contributed by atoms with E-state index in [0.29, 0.717) is 24.4 Å². The van der Waals surface area contributed by atoms with Crippen molar-refractivity contribution in [2.24, 2.45) is 11.8 Å². The highest BCUT2D eigenvalue weighted by molar-refractivity contribution is 5.44. The van der Waals surface area contributed by atoms with E-state index in [1.807, 2.05) is 6.07 Å². The minimum Gasteiger partial charge on any atom is -0.489 e. The van der Waals surface area contributed by atoms with Crippen LogP contribution >= 0.6 is 0 Å². The van der Waals surface area contributed by atoms with E-state index in [2.05, 4.69) is 59.6 Å². The quantitative estimate of drug-likeness (QED) is 0.628. The van der Waals surface area contributed by atoms with Crippen molar-refractivity contribution >= 4 is 0 Å². The standard InChI is InChI=1S/C27H30N2O2/c1-27-12-11-21-20-10-8-19(31-16-17-5-3-2-4-6-17)13-18(20)7-9-22(21)24(27)14-23-25(15-30)28-29-26(23)27/h2-6,8,10,13,21-22,24,30H,7,9,11-12,14-16H2,1H3,(H,28,29)/t21-,22-,24+,27+/m1/s1. The number of rotatable bonds is 4. The molecule has 1 heterocycles. The van der Waals surface area contributed by atoms with Gasteiger partial charge in [-0.3, -0.25) is 5.10 Å². The Morgan fingerprint density at radius 1 is 1.16 bits per heavy atom. The molecule has 2 aromatic carbocycles. The molecular formula is C27H30N2O2. The third kappa shape index (κ3) is 2.95. The van der Waals surface area contributed by atoms with Gasteiger partial charge in [-0.1, -0.05) is 43.3 Å². The Kier molecular flexibility index (Phi) is 4.46. The summed E-state index contributed by atoms with van der Waals surface area (Å²) in [7, 11) is 0. The summed E-state index contributed by atoms with van der Waals surface area (Å²) in [6.45, 7) is 3.09. The van der Waals surface area contributed by atoms with E-state index >= 15 is 0 Å². The number of nitrogens with zero attached hydrogens (tertiary/aromatic N) is 1. The molecule has 31 heavy (non-hydrogen) atoms. The maximum Gasteiger partial charge on any atom is 0.120 e. The molecule has 0 amide bonds. The average molecular weight is 415 g/mol. The lowest BCUT2D eigenvalue weighted by Crippen LogP contribution is -2.43. The first kappa shape index (κ1) is 19.1. The van der Waals surface area contributed by atoms with Gasteiger partial charge in [-0.15, -0.1) is 0 Å². The number of aromatic amines is 1. The molecule has 1 aromatic heterocycles. The van der Waals surface area contributed by atoms with Crippen LogP contribution in [0.3, 0.4) is 0 Å². The van der Waals surface area contributed by atoms with Gasteiger partial charge < -0.3 is 9.84 Å². The van der Waals surface area contributed by atoms with Crippen LogP contribution in [0.15, 0.2) is 48.5 Å². The van der Waals surface area contributed by atoms with Gasteiger partial charge in [0.1, 0.15) is 12.4 Å². The highest BCUT2D eigenvalue weighted by Gasteiger charge is 2.54. The molecule has 0 radical (unpaired) electrons. The molecule has 4 atom stereocenters. The van der Waals surface area contributed by atoms with E-state index in [1.54, 1.807) is 5.56 Å². The Balaban J connectivity index is 1.24. The number of aliphatic hydroxyl groups excluding tert-OH is 1. The van der Waals surface area contributed by atoms with Gasteiger partial charge in [0.2, 0.25) is 0 Å². The summed E-state index contributed by atoms with van der Waals surface area (Å²) in [5.74, 6) is 2.94. The van der Waals surface area contributed by atoms with Crippen LogP contribution in [0, 0.1) is 11.8 Å². The summed E-state index contributed by atoms with van der Waals surface area (Å²) in [6, 6.07) is 17.2. The van der Waals surface area contributed by atoms with Gasteiger partial charge in [0, 0.05) is 5.41 Å². The monoisotopic (exact) mass is 414 g/mol. The van der Waals surface area contributed by atoms with Crippen LogP contribution in [0.1, 0.15) is 65.7 Å². The number of benzene rings is 2. The van der Waals surface area contributed by atoms with Crippen molar-refractivity contribution in [1.82, 2.24) is 10.2 Å². The Hall–Kier alpha value is -2.59. The number of hydrogen-bond acceptors (Lipinski definition) is 3. The first-order valence-electron chi connectivity index (χ1n) is 11.6. The number of fused-ring (bicyclic) bond motifs is 7. The Morgan fingerprint density at radius 2 is 2.03 bits per heavy atom. The lowest BCUT2D eigenvalue weighted by Gasteiger charge is -2.49. The maximum absolute atomic E-state index is 9.73. The molecule has 0 bridgehead atoms. The van der Waals surface area contributed by atoms with Gasteiger partial charge in [-0.05, 0) is 84.2 Å². The second-order valence-electron chi connectivity index (χ2n) is 9.90. The number of H-pyrrole nitrogens is 1. The van der Waals surface area contributed by atoms with Crippen molar-refractivity contribution in [3.05, 3.63) is 82.2 Å². The fourth-order valence-electron chi connectivity index (χ4n) is 6.82. The predicted molar refractivity (Wildman–Crippen MR) is 120 cm³/mol. The molecule has 1 fully saturated rings. The highest BCUT2D eigenvalue weighted by atomic mass is 16.5. The van der Waals surface area contributed by atoms with Crippen LogP contribution in [-0.4, -0.2) is 15.3 Å². The van der Waals surface area contributed by atoms with Gasteiger partial charge in [-0.2, -0.15) is 5.10 Å². The molecule has 6 rings (SSSR count). The number of aromatic nitrogens is 2. The molecule has 3 aliphatic carbocycles. The van der Waals surface area contributed by atoms with Gasteiger partial charge >= 0.3 is 0 Å².